The molecule has 0 aliphatic carbocycles. The van der Waals surface area contributed by atoms with Crippen molar-refractivity contribution >= 4 is 23.2 Å². The van der Waals surface area contributed by atoms with Crippen LogP contribution in [0.15, 0.2) is 64.4 Å². The van der Waals surface area contributed by atoms with Crippen molar-refractivity contribution in [2.45, 2.75) is 52.4 Å². The third-order valence-corrected chi connectivity index (χ3v) is 5.94. The van der Waals surface area contributed by atoms with Gasteiger partial charge in [0.1, 0.15) is 18.1 Å². The van der Waals surface area contributed by atoms with Crippen LogP contribution in [0.1, 0.15) is 43.9 Å². The Kier molecular flexibility index (Phi) is 7.11. The molecule has 0 spiro atoms. The fourth-order valence-electron chi connectivity index (χ4n) is 3.59. The summed E-state index contributed by atoms with van der Waals surface area (Å²) in [7, 11) is 0. The number of aryl methyl sites for hydroxylation is 1. The molecule has 0 bridgehead atoms. The lowest BCUT2D eigenvalue weighted by molar-refractivity contribution is -0.143. The van der Waals surface area contributed by atoms with Gasteiger partial charge in [-0.2, -0.15) is 4.80 Å². The zero-order chi connectivity index (χ0) is 25.0. The fourth-order valence-corrected chi connectivity index (χ4v) is 4.24. The SMILES string of the molecule is Cc1ccc([C@@H](C(=O)NC(C)(C)C)N(Cc2ccccc2)C(=O)Cn2nnc(-c3cccs3)n2)o1. The Morgan fingerprint density at radius 1 is 1.11 bits per heavy atom. The van der Waals surface area contributed by atoms with Crippen molar-refractivity contribution in [2.24, 2.45) is 0 Å². The molecule has 4 aromatic rings. The average Bonchev–Trinajstić information content (AvgIpc) is 3.55. The number of aromatic nitrogens is 4. The molecule has 0 saturated heterocycles. The fraction of sp³-hybridized carbons (Fsp3) is 0.320. The number of thiophene rings is 1. The number of hydrogen-bond donors (Lipinski definition) is 1. The van der Waals surface area contributed by atoms with E-state index >= 15 is 0 Å². The maximum absolute atomic E-state index is 13.7. The van der Waals surface area contributed by atoms with E-state index in [1.807, 2.05) is 68.6 Å². The van der Waals surface area contributed by atoms with Gasteiger partial charge in [-0.1, -0.05) is 36.4 Å². The number of tetrazole rings is 1. The average molecular weight is 493 g/mol. The number of carbonyl (C=O) groups is 2. The summed E-state index contributed by atoms with van der Waals surface area (Å²) in [5.41, 5.74) is 0.380. The minimum Gasteiger partial charge on any atom is -0.464 e. The summed E-state index contributed by atoms with van der Waals surface area (Å²) >= 11 is 1.49. The van der Waals surface area contributed by atoms with Gasteiger partial charge in [-0.25, -0.2) is 0 Å². The van der Waals surface area contributed by atoms with Crippen molar-refractivity contribution in [3.63, 3.8) is 0 Å². The normalized spacial score (nSPS) is 12.3. The van der Waals surface area contributed by atoms with Gasteiger partial charge in [0.25, 0.3) is 5.91 Å². The van der Waals surface area contributed by atoms with Gasteiger partial charge in [0.2, 0.25) is 11.7 Å². The number of rotatable bonds is 8. The largest absolute Gasteiger partial charge is 0.464 e. The summed E-state index contributed by atoms with van der Waals surface area (Å²) in [6, 6.07) is 15.8. The first-order valence-corrected chi connectivity index (χ1v) is 12.1. The van der Waals surface area contributed by atoms with Crippen molar-refractivity contribution in [1.82, 2.24) is 30.4 Å². The second-order valence-electron chi connectivity index (χ2n) is 9.22. The Bertz CT molecular complexity index is 1270. The number of amides is 2. The van der Waals surface area contributed by atoms with Crippen LogP contribution in [0.3, 0.4) is 0 Å². The van der Waals surface area contributed by atoms with E-state index in [1.165, 1.54) is 21.0 Å². The number of furan rings is 1. The third kappa shape index (κ3) is 6.21. The molecule has 0 fully saturated rings. The van der Waals surface area contributed by atoms with Gasteiger partial charge >= 0.3 is 0 Å². The van der Waals surface area contributed by atoms with Gasteiger partial charge in [0.05, 0.1) is 4.88 Å². The molecule has 182 valence electrons. The number of carbonyl (C=O) groups excluding carboxylic acids is 2. The lowest BCUT2D eigenvalue weighted by Gasteiger charge is -2.32. The van der Waals surface area contributed by atoms with E-state index in [1.54, 1.807) is 19.1 Å². The third-order valence-electron chi connectivity index (χ3n) is 5.08. The molecule has 0 saturated carbocycles. The van der Waals surface area contributed by atoms with E-state index in [-0.39, 0.29) is 24.9 Å². The van der Waals surface area contributed by atoms with Crippen LogP contribution in [0.4, 0.5) is 0 Å². The Morgan fingerprint density at radius 2 is 1.89 bits per heavy atom. The summed E-state index contributed by atoms with van der Waals surface area (Å²) in [6.07, 6.45) is 0. The van der Waals surface area contributed by atoms with E-state index in [2.05, 4.69) is 20.7 Å². The predicted molar refractivity (Wildman–Crippen MR) is 132 cm³/mol. The molecule has 1 atom stereocenters. The standard InChI is InChI=1S/C25H28N6O3S/c1-17-12-13-19(34-17)22(24(33)26-25(2,3)4)30(15-18-9-6-5-7-10-18)21(32)16-31-28-23(27-29-31)20-11-8-14-35-20/h5-14,22H,15-16H2,1-4H3,(H,26,33)/t22-/m0/s1. The van der Waals surface area contributed by atoms with E-state index < -0.39 is 11.6 Å². The van der Waals surface area contributed by atoms with Gasteiger partial charge in [0.15, 0.2) is 6.04 Å². The van der Waals surface area contributed by atoms with Gasteiger partial charge < -0.3 is 14.6 Å². The van der Waals surface area contributed by atoms with Crippen molar-refractivity contribution in [3.8, 4) is 10.7 Å². The molecule has 2 amide bonds. The highest BCUT2D eigenvalue weighted by molar-refractivity contribution is 7.13. The van der Waals surface area contributed by atoms with Crippen LogP contribution in [0.2, 0.25) is 0 Å². The second kappa shape index (κ2) is 10.2. The molecule has 0 radical (unpaired) electrons. The maximum atomic E-state index is 13.7. The summed E-state index contributed by atoms with van der Waals surface area (Å²) in [4.78, 5) is 30.8. The van der Waals surface area contributed by atoms with Crippen LogP contribution in [-0.4, -0.2) is 42.5 Å². The summed E-state index contributed by atoms with van der Waals surface area (Å²) in [6.45, 7) is 7.51. The smallest absolute Gasteiger partial charge is 0.251 e. The summed E-state index contributed by atoms with van der Waals surface area (Å²) in [5, 5.41) is 17.4. The first-order chi connectivity index (χ1) is 16.7. The van der Waals surface area contributed by atoms with Crippen molar-refractivity contribution in [1.29, 1.82) is 0 Å². The van der Waals surface area contributed by atoms with Crippen LogP contribution in [0, 0.1) is 6.92 Å². The molecule has 1 aromatic carbocycles. The monoisotopic (exact) mass is 492 g/mol. The van der Waals surface area contributed by atoms with Crippen molar-refractivity contribution in [2.75, 3.05) is 0 Å². The molecule has 3 heterocycles. The van der Waals surface area contributed by atoms with Crippen LogP contribution in [0.5, 0.6) is 0 Å². The van der Waals surface area contributed by atoms with Gasteiger partial charge in [-0.05, 0) is 62.1 Å². The molecular weight excluding hydrogens is 464 g/mol. The van der Waals surface area contributed by atoms with Crippen LogP contribution in [-0.2, 0) is 22.7 Å². The first kappa shape index (κ1) is 24.3. The minimum atomic E-state index is -0.976. The van der Waals surface area contributed by atoms with Crippen LogP contribution >= 0.6 is 11.3 Å². The second-order valence-corrected chi connectivity index (χ2v) is 10.2. The van der Waals surface area contributed by atoms with Gasteiger partial charge in [0, 0.05) is 12.1 Å². The highest BCUT2D eigenvalue weighted by Gasteiger charge is 2.36. The Morgan fingerprint density at radius 3 is 2.51 bits per heavy atom. The van der Waals surface area contributed by atoms with E-state index in [4.69, 9.17) is 4.42 Å². The number of nitrogens with one attached hydrogen (secondary N) is 1. The number of benzene rings is 1. The molecule has 0 unspecified atom stereocenters. The van der Waals surface area contributed by atoms with E-state index in [0.717, 1.165) is 10.4 Å². The lowest BCUT2D eigenvalue weighted by Crippen LogP contribution is -2.49. The number of hydrogen-bond acceptors (Lipinski definition) is 7. The predicted octanol–water partition coefficient (Wildman–Crippen LogP) is 3.99. The highest BCUT2D eigenvalue weighted by Crippen LogP contribution is 2.27. The van der Waals surface area contributed by atoms with Crippen molar-refractivity contribution in [3.05, 3.63) is 77.1 Å². The van der Waals surface area contributed by atoms with Crippen LogP contribution < -0.4 is 5.32 Å². The zero-order valence-electron chi connectivity index (χ0n) is 20.1. The summed E-state index contributed by atoms with van der Waals surface area (Å²) < 4.78 is 5.85. The zero-order valence-corrected chi connectivity index (χ0v) is 21.0. The summed E-state index contributed by atoms with van der Waals surface area (Å²) in [5.74, 6) is 0.818. The lowest BCUT2D eigenvalue weighted by atomic mass is 10.1. The molecule has 9 nitrogen and oxygen atoms in total. The topological polar surface area (TPSA) is 106 Å². The van der Waals surface area contributed by atoms with Gasteiger partial charge in [-0.3, -0.25) is 9.59 Å². The Hall–Kier alpha value is -3.79. The molecule has 0 aliphatic rings. The minimum absolute atomic E-state index is 0.176. The Labute approximate surface area is 207 Å². The first-order valence-electron chi connectivity index (χ1n) is 11.2. The molecule has 4 rings (SSSR count). The van der Waals surface area contributed by atoms with Gasteiger partial charge in [-0.15, -0.1) is 21.5 Å². The van der Waals surface area contributed by atoms with Crippen molar-refractivity contribution < 1.29 is 14.0 Å². The quantitative estimate of drug-likeness (QED) is 0.399. The maximum Gasteiger partial charge on any atom is 0.251 e. The highest BCUT2D eigenvalue weighted by atomic mass is 32.1. The molecule has 3 aromatic heterocycles. The molecule has 35 heavy (non-hydrogen) atoms. The Balaban J connectivity index is 1.68. The molecule has 1 N–H and O–H groups in total. The number of nitrogens with zero attached hydrogens (tertiary/aromatic N) is 5. The molecular formula is C25H28N6O3S. The van der Waals surface area contributed by atoms with Crippen LogP contribution in [0.25, 0.3) is 10.7 Å². The van der Waals surface area contributed by atoms with E-state index in [0.29, 0.717) is 17.3 Å². The molecule has 10 heteroatoms. The van der Waals surface area contributed by atoms with E-state index in [9.17, 15) is 9.59 Å². The molecule has 0 aliphatic heterocycles.